The van der Waals surface area contributed by atoms with Gasteiger partial charge in [0.2, 0.25) is 5.91 Å². The van der Waals surface area contributed by atoms with Gasteiger partial charge in [-0.15, -0.1) is 0 Å². The largest absolute Gasteiger partial charge is 0.289 e. The van der Waals surface area contributed by atoms with E-state index in [2.05, 4.69) is 0 Å². The number of rotatable bonds is 4. The van der Waals surface area contributed by atoms with Crippen LogP contribution in [0, 0.1) is 10.1 Å². The van der Waals surface area contributed by atoms with Gasteiger partial charge in [-0.3, -0.25) is 19.7 Å². The molecule has 28 heavy (non-hydrogen) atoms. The van der Waals surface area contributed by atoms with Gasteiger partial charge in [0.05, 0.1) is 11.0 Å². The molecule has 0 radical (unpaired) electrons. The minimum Gasteiger partial charge on any atom is -0.289 e. The topological polar surface area (TPSA) is 83.8 Å². The van der Waals surface area contributed by atoms with Crippen molar-refractivity contribution in [3.63, 3.8) is 0 Å². The SMILES string of the molecule is CC1(C)CC(=O)N2C=C(C(=O)c3ccccc3)C(c3ccc([N+](=O)[O-])cc3)N21. The normalized spacial score (nSPS) is 20.8. The summed E-state index contributed by atoms with van der Waals surface area (Å²) in [5.74, 6) is -0.241. The van der Waals surface area contributed by atoms with Gasteiger partial charge >= 0.3 is 0 Å². The molecule has 0 aliphatic carbocycles. The van der Waals surface area contributed by atoms with E-state index in [-0.39, 0.29) is 17.4 Å². The molecule has 1 unspecified atom stereocenters. The van der Waals surface area contributed by atoms with Crippen molar-refractivity contribution in [3.8, 4) is 0 Å². The zero-order chi connectivity index (χ0) is 20.1. The Morgan fingerprint density at radius 2 is 1.75 bits per heavy atom. The fourth-order valence-electron chi connectivity index (χ4n) is 3.92. The van der Waals surface area contributed by atoms with Crippen molar-refractivity contribution in [2.24, 2.45) is 0 Å². The van der Waals surface area contributed by atoms with E-state index in [0.717, 1.165) is 5.56 Å². The Morgan fingerprint density at radius 3 is 2.36 bits per heavy atom. The van der Waals surface area contributed by atoms with Crippen molar-refractivity contribution >= 4 is 17.4 Å². The van der Waals surface area contributed by atoms with E-state index in [0.29, 0.717) is 17.6 Å². The third-order valence-electron chi connectivity index (χ3n) is 5.21. The van der Waals surface area contributed by atoms with Crippen LogP contribution in [0.25, 0.3) is 0 Å². The fourth-order valence-corrected chi connectivity index (χ4v) is 3.92. The van der Waals surface area contributed by atoms with Gasteiger partial charge in [-0.05, 0) is 19.4 Å². The van der Waals surface area contributed by atoms with Gasteiger partial charge in [0, 0.05) is 41.4 Å². The highest BCUT2D eigenvalue weighted by Crippen LogP contribution is 2.47. The molecule has 2 aliphatic heterocycles. The summed E-state index contributed by atoms with van der Waals surface area (Å²) in [5, 5.41) is 14.4. The highest BCUT2D eigenvalue weighted by Gasteiger charge is 2.52. The minimum atomic E-state index is -0.491. The number of ketones is 1. The smallest absolute Gasteiger partial charge is 0.269 e. The summed E-state index contributed by atoms with van der Waals surface area (Å²) in [4.78, 5) is 36.3. The molecule has 2 aromatic rings. The first-order chi connectivity index (χ1) is 13.3. The molecule has 1 atom stereocenters. The van der Waals surface area contributed by atoms with E-state index in [1.807, 2.05) is 24.9 Å². The van der Waals surface area contributed by atoms with Crippen LogP contribution in [0.1, 0.15) is 42.2 Å². The van der Waals surface area contributed by atoms with Gasteiger partial charge in [-0.25, -0.2) is 5.01 Å². The molecule has 7 heteroatoms. The fraction of sp³-hybridized carbons (Fsp3) is 0.238. The van der Waals surface area contributed by atoms with Crippen LogP contribution in [-0.4, -0.2) is 32.2 Å². The number of nitro groups is 1. The predicted molar refractivity (Wildman–Crippen MR) is 102 cm³/mol. The number of non-ortho nitro benzene ring substituents is 1. The summed E-state index contributed by atoms with van der Waals surface area (Å²) >= 11 is 0. The van der Waals surface area contributed by atoms with Gasteiger partial charge in [-0.2, -0.15) is 5.01 Å². The second-order valence-corrected chi connectivity index (χ2v) is 7.60. The first-order valence-electron chi connectivity index (χ1n) is 8.97. The molecule has 2 aliphatic rings. The van der Waals surface area contributed by atoms with E-state index < -0.39 is 16.5 Å². The van der Waals surface area contributed by atoms with Gasteiger partial charge in [0.25, 0.3) is 5.69 Å². The molecule has 2 aromatic carbocycles. The zero-order valence-electron chi connectivity index (χ0n) is 15.5. The van der Waals surface area contributed by atoms with E-state index in [4.69, 9.17) is 0 Å². The van der Waals surface area contributed by atoms with Crippen molar-refractivity contribution < 1.29 is 14.5 Å². The van der Waals surface area contributed by atoms with Crippen molar-refractivity contribution in [2.75, 3.05) is 0 Å². The Balaban J connectivity index is 1.81. The van der Waals surface area contributed by atoms with Gasteiger partial charge in [-0.1, -0.05) is 42.5 Å². The maximum atomic E-state index is 13.2. The molecule has 0 bridgehead atoms. The summed E-state index contributed by atoms with van der Waals surface area (Å²) in [7, 11) is 0. The molecule has 0 saturated carbocycles. The molecule has 2 heterocycles. The summed E-state index contributed by atoms with van der Waals surface area (Å²) in [6, 6.07) is 14.6. The van der Waals surface area contributed by atoms with Crippen LogP contribution in [0.2, 0.25) is 0 Å². The van der Waals surface area contributed by atoms with Crippen molar-refractivity contribution in [3.05, 3.63) is 87.6 Å². The number of nitrogens with zero attached hydrogens (tertiary/aromatic N) is 3. The zero-order valence-corrected chi connectivity index (χ0v) is 15.5. The average Bonchev–Trinajstić information content (AvgIpc) is 3.18. The highest BCUT2D eigenvalue weighted by atomic mass is 16.6. The predicted octanol–water partition coefficient (Wildman–Crippen LogP) is 3.64. The quantitative estimate of drug-likeness (QED) is 0.461. The third-order valence-corrected chi connectivity index (χ3v) is 5.21. The summed E-state index contributed by atoms with van der Waals surface area (Å²) in [5.41, 5.74) is 1.23. The lowest BCUT2D eigenvalue weighted by molar-refractivity contribution is -0.384. The van der Waals surface area contributed by atoms with Crippen LogP contribution in [-0.2, 0) is 4.79 Å². The summed E-state index contributed by atoms with van der Waals surface area (Å²) in [6.07, 6.45) is 1.94. The van der Waals surface area contributed by atoms with Gasteiger partial charge < -0.3 is 0 Å². The van der Waals surface area contributed by atoms with E-state index in [1.54, 1.807) is 42.6 Å². The average molecular weight is 377 g/mol. The van der Waals surface area contributed by atoms with E-state index in [9.17, 15) is 19.7 Å². The third kappa shape index (κ3) is 2.80. The number of carbonyl (C=O) groups is 2. The monoisotopic (exact) mass is 377 g/mol. The molecule has 1 amide bonds. The van der Waals surface area contributed by atoms with Crippen LogP contribution in [0.3, 0.4) is 0 Å². The van der Waals surface area contributed by atoms with Crippen LogP contribution < -0.4 is 0 Å². The standard InChI is InChI=1S/C21H19N3O4/c1-21(2)12-18(25)22-13-17(20(26)15-6-4-3-5-7-15)19(23(21)22)14-8-10-16(11-9-14)24(27)28/h3-11,13,19H,12H2,1-2H3. The van der Waals surface area contributed by atoms with Crippen molar-refractivity contribution in [1.82, 2.24) is 10.0 Å². The van der Waals surface area contributed by atoms with E-state index >= 15 is 0 Å². The van der Waals surface area contributed by atoms with Crippen molar-refractivity contribution in [1.29, 1.82) is 0 Å². The van der Waals surface area contributed by atoms with Gasteiger partial charge in [0.1, 0.15) is 0 Å². The number of hydrazine groups is 1. The van der Waals surface area contributed by atoms with Gasteiger partial charge in [0.15, 0.2) is 5.78 Å². The lowest BCUT2D eigenvalue weighted by Crippen LogP contribution is -2.44. The lowest BCUT2D eigenvalue weighted by atomic mass is 9.90. The number of nitro benzene ring substituents is 1. The first kappa shape index (κ1) is 18.1. The lowest BCUT2D eigenvalue weighted by Gasteiger charge is -2.36. The number of benzene rings is 2. The molecule has 7 nitrogen and oxygen atoms in total. The first-order valence-corrected chi connectivity index (χ1v) is 8.97. The Kier molecular flexibility index (Phi) is 4.12. The second-order valence-electron chi connectivity index (χ2n) is 7.60. The molecule has 0 N–H and O–H groups in total. The summed E-state index contributed by atoms with van der Waals surface area (Å²) in [6.45, 7) is 3.90. The number of Topliss-reactive ketones (excluding diaryl/α,β-unsaturated/α-hetero) is 1. The summed E-state index contributed by atoms with van der Waals surface area (Å²) < 4.78 is 0. The second kappa shape index (κ2) is 6.38. The van der Waals surface area contributed by atoms with Crippen LogP contribution >= 0.6 is 0 Å². The molecule has 0 aromatic heterocycles. The number of hydrogen-bond donors (Lipinski definition) is 0. The molecule has 1 fully saturated rings. The highest BCUT2D eigenvalue weighted by molar-refractivity contribution is 6.10. The number of fused-ring (bicyclic) bond motifs is 1. The molecule has 4 rings (SSSR count). The van der Waals surface area contributed by atoms with E-state index in [1.165, 1.54) is 17.1 Å². The molecule has 0 spiro atoms. The Labute approximate surface area is 162 Å². The Hall–Kier alpha value is -3.32. The van der Waals surface area contributed by atoms with Crippen LogP contribution in [0.15, 0.2) is 66.4 Å². The Morgan fingerprint density at radius 1 is 1.11 bits per heavy atom. The maximum absolute atomic E-state index is 13.2. The van der Waals surface area contributed by atoms with Crippen molar-refractivity contribution in [2.45, 2.75) is 31.8 Å². The van der Waals surface area contributed by atoms with Crippen LogP contribution in [0.4, 0.5) is 5.69 Å². The number of amides is 1. The molecular weight excluding hydrogens is 358 g/mol. The molecule has 1 saturated heterocycles. The molecular formula is C21H19N3O4. The molecule has 142 valence electrons. The minimum absolute atomic E-state index is 0.0183. The Bertz CT molecular complexity index is 996. The number of hydrogen-bond acceptors (Lipinski definition) is 5. The maximum Gasteiger partial charge on any atom is 0.269 e. The number of carbonyl (C=O) groups excluding carboxylic acids is 2. The van der Waals surface area contributed by atoms with Crippen LogP contribution in [0.5, 0.6) is 0 Å².